The van der Waals surface area contributed by atoms with Gasteiger partial charge in [0.1, 0.15) is 6.04 Å². The number of nitrogens with zero attached hydrogens (tertiary/aromatic N) is 2. The molecule has 2 rings (SSSR count). The molecule has 3 N–H and O–H groups in total. The molecule has 9 heteroatoms. The number of amides is 4. The van der Waals surface area contributed by atoms with E-state index in [4.69, 9.17) is 0 Å². The van der Waals surface area contributed by atoms with E-state index in [1.54, 1.807) is 6.92 Å². The molecule has 1 saturated carbocycles. The number of nitrogens with one attached hydrogen (secondary N) is 1. The van der Waals surface area contributed by atoms with Crippen molar-refractivity contribution in [2.75, 3.05) is 19.6 Å². The largest absolute Gasteiger partial charge is 0.480 e. The zero-order valence-corrected chi connectivity index (χ0v) is 13.6. The average Bonchev–Trinajstić information content (AvgIpc) is 2.55. The Kier molecular flexibility index (Phi) is 5.76. The third kappa shape index (κ3) is 3.84. The number of piperazine rings is 1. The van der Waals surface area contributed by atoms with E-state index in [0.29, 0.717) is 32.2 Å². The van der Waals surface area contributed by atoms with E-state index in [9.17, 15) is 29.4 Å². The second-order valence-corrected chi connectivity index (χ2v) is 6.18. The fourth-order valence-electron chi connectivity index (χ4n) is 3.20. The number of rotatable bonds is 4. The predicted molar refractivity (Wildman–Crippen MR) is 81.9 cm³/mol. The van der Waals surface area contributed by atoms with Crippen LogP contribution in [0.5, 0.6) is 0 Å². The lowest BCUT2D eigenvalue weighted by Crippen LogP contribution is -2.60. The lowest BCUT2D eigenvalue weighted by atomic mass is 9.82. The molecule has 1 atom stereocenters. The summed E-state index contributed by atoms with van der Waals surface area (Å²) in [5.41, 5.74) is 0. The Morgan fingerprint density at radius 2 is 1.79 bits per heavy atom. The maximum absolute atomic E-state index is 12.3. The lowest BCUT2D eigenvalue weighted by Gasteiger charge is -2.34. The van der Waals surface area contributed by atoms with Crippen molar-refractivity contribution in [2.24, 2.45) is 5.92 Å². The van der Waals surface area contributed by atoms with E-state index < -0.39 is 36.0 Å². The Labute approximate surface area is 139 Å². The van der Waals surface area contributed by atoms with Crippen molar-refractivity contribution in [2.45, 2.75) is 44.8 Å². The summed E-state index contributed by atoms with van der Waals surface area (Å²) < 4.78 is 0. The van der Waals surface area contributed by atoms with E-state index in [0.717, 1.165) is 4.90 Å². The van der Waals surface area contributed by atoms with Crippen molar-refractivity contribution < 1.29 is 29.4 Å². The summed E-state index contributed by atoms with van der Waals surface area (Å²) in [6.07, 6.45) is 1.49. The van der Waals surface area contributed by atoms with Crippen LogP contribution in [0.2, 0.25) is 0 Å². The van der Waals surface area contributed by atoms with Crippen LogP contribution in [-0.4, -0.2) is 75.6 Å². The van der Waals surface area contributed by atoms with Crippen molar-refractivity contribution in [1.29, 1.82) is 0 Å². The van der Waals surface area contributed by atoms with Gasteiger partial charge in [0.05, 0.1) is 6.10 Å². The third-order valence-electron chi connectivity index (χ3n) is 4.69. The van der Waals surface area contributed by atoms with E-state index in [1.165, 1.54) is 4.90 Å². The molecule has 0 aromatic rings. The Morgan fingerprint density at radius 3 is 2.33 bits per heavy atom. The van der Waals surface area contributed by atoms with Crippen molar-refractivity contribution in [3.05, 3.63) is 0 Å². The van der Waals surface area contributed by atoms with Gasteiger partial charge in [-0.05, 0) is 38.5 Å². The van der Waals surface area contributed by atoms with E-state index in [2.05, 4.69) is 5.32 Å². The topological polar surface area (TPSA) is 127 Å². The maximum Gasteiger partial charge on any atom is 0.326 e. The first-order valence-corrected chi connectivity index (χ1v) is 8.17. The molecule has 2 fully saturated rings. The highest BCUT2D eigenvalue weighted by Gasteiger charge is 2.39. The molecule has 0 aromatic heterocycles. The average molecular weight is 341 g/mol. The molecule has 1 aliphatic carbocycles. The quantitative estimate of drug-likeness (QED) is 0.586. The lowest BCUT2D eigenvalue weighted by molar-refractivity contribution is -0.153. The summed E-state index contributed by atoms with van der Waals surface area (Å²) in [4.78, 5) is 49.7. The number of carboxylic acids is 1. The smallest absolute Gasteiger partial charge is 0.326 e. The molecular formula is C15H23N3O6. The van der Waals surface area contributed by atoms with E-state index in [1.807, 2.05) is 0 Å². The molecule has 0 aromatic carbocycles. The second-order valence-electron chi connectivity index (χ2n) is 6.18. The number of hydrogen-bond donors (Lipinski definition) is 3. The van der Waals surface area contributed by atoms with Crippen LogP contribution in [-0.2, 0) is 14.4 Å². The standard InChI is InChI=1S/C15H23N3O6/c1-2-17-7-8-18(13(21)12(17)20)15(24)16-11(14(22)23)9-3-5-10(19)6-4-9/h9-11,19H,2-8H2,1H3,(H,16,24)(H,22,23). The highest BCUT2D eigenvalue weighted by atomic mass is 16.4. The summed E-state index contributed by atoms with van der Waals surface area (Å²) in [5.74, 6) is -3.19. The molecule has 9 nitrogen and oxygen atoms in total. The minimum Gasteiger partial charge on any atom is -0.480 e. The summed E-state index contributed by atoms with van der Waals surface area (Å²) in [5, 5.41) is 21.3. The van der Waals surface area contributed by atoms with Gasteiger partial charge < -0.3 is 20.4 Å². The van der Waals surface area contributed by atoms with Crippen LogP contribution in [0.15, 0.2) is 0 Å². The van der Waals surface area contributed by atoms with Crippen LogP contribution in [0.1, 0.15) is 32.6 Å². The monoisotopic (exact) mass is 341 g/mol. The Bertz CT molecular complexity index is 529. The predicted octanol–water partition coefficient (Wildman–Crippen LogP) is -0.609. The van der Waals surface area contributed by atoms with Gasteiger partial charge in [-0.1, -0.05) is 0 Å². The summed E-state index contributed by atoms with van der Waals surface area (Å²) in [6, 6.07) is -2.00. The number of carbonyl (C=O) groups is 4. The van der Waals surface area contributed by atoms with Gasteiger partial charge in [0.2, 0.25) is 0 Å². The van der Waals surface area contributed by atoms with Crippen molar-refractivity contribution >= 4 is 23.8 Å². The summed E-state index contributed by atoms with van der Waals surface area (Å²) in [6.45, 7) is 2.39. The molecule has 2 aliphatic rings. The van der Waals surface area contributed by atoms with Crippen LogP contribution >= 0.6 is 0 Å². The fourth-order valence-corrected chi connectivity index (χ4v) is 3.20. The number of urea groups is 1. The van der Waals surface area contributed by atoms with E-state index in [-0.39, 0.29) is 19.0 Å². The molecule has 0 bridgehead atoms. The number of hydrogen-bond acceptors (Lipinski definition) is 5. The number of aliphatic hydroxyl groups is 1. The van der Waals surface area contributed by atoms with Gasteiger partial charge in [-0.2, -0.15) is 0 Å². The Balaban J connectivity index is 2.02. The van der Waals surface area contributed by atoms with Gasteiger partial charge >= 0.3 is 23.8 Å². The Morgan fingerprint density at radius 1 is 1.17 bits per heavy atom. The molecule has 1 unspecified atom stereocenters. The van der Waals surface area contributed by atoms with Crippen molar-refractivity contribution in [1.82, 2.24) is 15.1 Å². The van der Waals surface area contributed by atoms with Gasteiger partial charge in [0.25, 0.3) is 0 Å². The zero-order chi connectivity index (χ0) is 17.9. The van der Waals surface area contributed by atoms with Gasteiger partial charge in [-0.25, -0.2) is 9.59 Å². The number of carbonyl (C=O) groups excluding carboxylic acids is 3. The SMILES string of the molecule is CCN1CCN(C(=O)NC(C(=O)O)C2CCC(O)CC2)C(=O)C1=O. The number of aliphatic carboxylic acids is 1. The minimum atomic E-state index is -1.18. The van der Waals surface area contributed by atoms with Crippen LogP contribution < -0.4 is 5.32 Å². The molecule has 4 amide bonds. The first-order valence-electron chi connectivity index (χ1n) is 8.17. The normalized spacial score (nSPS) is 26.2. The molecular weight excluding hydrogens is 318 g/mol. The van der Waals surface area contributed by atoms with Crippen LogP contribution in [0.25, 0.3) is 0 Å². The van der Waals surface area contributed by atoms with Crippen LogP contribution in [0, 0.1) is 5.92 Å². The molecule has 1 aliphatic heterocycles. The first kappa shape index (κ1) is 18.2. The molecule has 0 radical (unpaired) electrons. The van der Waals surface area contributed by atoms with Crippen LogP contribution in [0.4, 0.5) is 4.79 Å². The number of carboxylic acid groups (broad SMARTS) is 1. The Hall–Kier alpha value is -2.16. The van der Waals surface area contributed by atoms with E-state index >= 15 is 0 Å². The van der Waals surface area contributed by atoms with Gasteiger partial charge in [0.15, 0.2) is 0 Å². The molecule has 1 saturated heterocycles. The second kappa shape index (κ2) is 7.61. The molecule has 134 valence electrons. The zero-order valence-electron chi connectivity index (χ0n) is 13.6. The summed E-state index contributed by atoms with van der Waals surface area (Å²) >= 11 is 0. The minimum absolute atomic E-state index is 0.0416. The molecule has 24 heavy (non-hydrogen) atoms. The number of imide groups is 1. The number of aliphatic hydroxyl groups excluding tert-OH is 1. The molecule has 1 heterocycles. The fraction of sp³-hybridized carbons (Fsp3) is 0.733. The highest BCUT2D eigenvalue weighted by Crippen LogP contribution is 2.27. The first-order chi connectivity index (χ1) is 11.3. The van der Waals surface area contributed by atoms with Crippen molar-refractivity contribution in [3.63, 3.8) is 0 Å². The van der Waals surface area contributed by atoms with Crippen LogP contribution in [0.3, 0.4) is 0 Å². The number of likely N-dealkylation sites (N-methyl/N-ethyl adjacent to an activating group) is 1. The van der Waals surface area contributed by atoms with Gasteiger partial charge in [-0.3, -0.25) is 14.5 Å². The van der Waals surface area contributed by atoms with Crippen molar-refractivity contribution in [3.8, 4) is 0 Å². The maximum atomic E-state index is 12.3. The summed E-state index contributed by atoms with van der Waals surface area (Å²) in [7, 11) is 0. The molecule has 0 spiro atoms. The van der Waals surface area contributed by atoms with Gasteiger partial charge in [0, 0.05) is 19.6 Å². The van der Waals surface area contributed by atoms with Gasteiger partial charge in [-0.15, -0.1) is 0 Å². The highest BCUT2D eigenvalue weighted by molar-refractivity contribution is 6.38. The third-order valence-corrected chi connectivity index (χ3v) is 4.69.